The summed E-state index contributed by atoms with van der Waals surface area (Å²) in [4.78, 5) is 23.3. The molecule has 1 N–H and O–H groups in total. The highest BCUT2D eigenvalue weighted by Crippen LogP contribution is 2.14. The zero-order valence-electron chi connectivity index (χ0n) is 16.2. The van der Waals surface area contributed by atoms with Gasteiger partial charge in [0.25, 0.3) is 5.91 Å². The Labute approximate surface area is 163 Å². The number of hydrogen-bond donors (Lipinski definition) is 1. The number of aromatic nitrogens is 5. The summed E-state index contributed by atoms with van der Waals surface area (Å²) in [5.41, 5.74) is 6.19. The fraction of sp³-hybridized carbons (Fsp3) is 0.238. The van der Waals surface area contributed by atoms with Gasteiger partial charge in [-0.3, -0.25) is 14.9 Å². The average molecular weight is 374 g/mol. The minimum absolute atomic E-state index is 0.140. The molecule has 4 aromatic rings. The smallest absolute Gasteiger partial charge is 0.274 e. The highest BCUT2D eigenvalue weighted by atomic mass is 16.2. The third-order valence-corrected chi connectivity index (χ3v) is 4.61. The first kappa shape index (κ1) is 17.9. The molecular formula is C21H22N6O. The Morgan fingerprint density at radius 3 is 2.82 bits per heavy atom. The van der Waals surface area contributed by atoms with E-state index in [-0.39, 0.29) is 5.91 Å². The summed E-state index contributed by atoms with van der Waals surface area (Å²) in [6, 6.07) is 13.8. The van der Waals surface area contributed by atoms with Gasteiger partial charge >= 0.3 is 0 Å². The topological polar surface area (TPSA) is 79.7 Å². The predicted molar refractivity (Wildman–Crippen MR) is 107 cm³/mol. The fourth-order valence-corrected chi connectivity index (χ4v) is 3.39. The van der Waals surface area contributed by atoms with E-state index >= 15 is 0 Å². The van der Waals surface area contributed by atoms with E-state index in [1.807, 2.05) is 54.8 Å². The lowest BCUT2D eigenvalue weighted by atomic mass is 10.2. The Bertz CT molecular complexity index is 1120. The number of amides is 1. The molecule has 0 aliphatic rings. The third-order valence-electron chi connectivity index (χ3n) is 4.61. The first-order chi connectivity index (χ1) is 13.5. The zero-order chi connectivity index (χ0) is 19.7. The number of rotatable bonds is 5. The molecule has 4 rings (SSSR count). The second kappa shape index (κ2) is 7.26. The minimum atomic E-state index is -0.140. The number of aryl methyl sites for hydroxylation is 2. The number of carbonyl (C=O) groups excluding carboxylic acids is 1. The molecule has 1 aromatic carbocycles. The first-order valence-electron chi connectivity index (χ1n) is 9.13. The van der Waals surface area contributed by atoms with Gasteiger partial charge in [0.1, 0.15) is 5.69 Å². The molecule has 0 aliphatic heterocycles. The summed E-state index contributed by atoms with van der Waals surface area (Å²) in [6.07, 6.45) is 1.80. The molecule has 0 fully saturated rings. The maximum atomic E-state index is 12.7. The number of carbonyl (C=O) groups is 1. The Hall–Kier alpha value is -3.48. The highest BCUT2D eigenvalue weighted by molar-refractivity contribution is 5.92. The largest absolute Gasteiger partial charge is 0.334 e. The Morgan fingerprint density at radius 2 is 2.00 bits per heavy atom. The fourth-order valence-electron chi connectivity index (χ4n) is 3.39. The second-order valence-corrected chi connectivity index (χ2v) is 7.08. The number of hydrogen-bond acceptors (Lipinski definition) is 4. The summed E-state index contributed by atoms with van der Waals surface area (Å²) in [5.74, 6) is -0.140. The lowest BCUT2D eigenvalue weighted by Crippen LogP contribution is -2.27. The highest BCUT2D eigenvalue weighted by Gasteiger charge is 2.17. The van der Waals surface area contributed by atoms with E-state index < -0.39 is 0 Å². The first-order valence-corrected chi connectivity index (χ1v) is 9.13. The van der Waals surface area contributed by atoms with Gasteiger partial charge in [-0.1, -0.05) is 12.1 Å². The lowest BCUT2D eigenvalue weighted by molar-refractivity contribution is 0.0777. The zero-order valence-corrected chi connectivity index (χ0v) is 16.2. The second-order valence-electron chi connectivity index (χ2n) is 7.08. The monoisotopic (exact) mass is 374 g/mol. The summed E-state index contributed by atoms with van der Waals surface area (Å²) in [5, 5.41) is 7.17. The number of imidazole rings is 1. The SMILES string of the molecule is Cc1cc(C)nc(CN(C)C(=O)c2cc(Cn3cnc4ccccc43)[nH]n2)c1. The molecule has 0 spiro atoms. The Balaban J connectivity index is 1.47. The van der Waals surface area contributed by atoms with Crippen LogP contribution < -0.4 is 0 Å². The number of pyridine rings is 1. The number of H-pyrrole nitrogens is 1. The van der Waals surface area contributed by atoms with Crippen molar-refractivity contribution in [1.29, 1.82) is 0 Å². The van der Waals surface area contributed by atoms with Crippen molar-refractivity contribution in [2.75, 3.05) is 7.05 Å². The summed E-state index contributed by atoms with van der Waals surface area (Å²) in [6.45, 7) is 5.00. The van der Waals surface area contributed by atoms with Crippen molar-refractivity contribution >= 4 is 16.9 Å². The molecular weight excluding hydrogens is 352 g/mol. The standard InChI is InChI=1S/C21H22N6O/c1-14-8-15(2)23-16(9-14)11-26(3)21(28)19-10-17(24-25-19)12-27-13-22-18-6-4-5-7-20(18)27/h4-10,13H,11-12H2,1-3H3,(H,24,25). The van der Waals surface area contributed by atoms with Gasteiger partial charge in [-0.05, 0) is 49.7 Å². The van der Waals surface area contributed by atoms with Crippen molar-refractivity contribution in [3.8, 4) is 0 Å². The van der Waals surface area contributed by atoms with Gasteiger partial charge in [-0.25, -0.2) is 4.98 Å². The van der Waals surface area contributed by atoms with Crippen LogP contribution in [0.5, 0.6) is 0 Å². The number of nitrogens with zero attached hydrogens (tertiary/aromatic N) is 5. The van der Waals surface area contributed by atoms with Crippen LogP contribution in [-0.2, 0) is 13.1 Å². The molecule has 7 heteroatoms. The molecule has 0 saturated heterocycles. The average Bonchev–Trinajstić information content (AvgIpc) is 3.28. The van der Waals surface area contributed by atoms with Crippen molar-refractivity contribution in [3.05, 3.63) is 77.1 Å². The van der Waals surface area contributed by atoms with Gasteiger partial charge in [0, 0.05) is 12.7 Å². The molecule has 142 valence electrons. The maximum absolute atomic E-state index is 12.7. The Morgan fingerprint density at radius 1 is 1.18 bits per heavy atom. The van der Waals surface area contributed by atoms with Gasteiger partial charge in [0.2, 0.25) is 0 Å². The number of aromatic amines is 1. The van der Waals surface area contributed by atoms with E-state index in [4.69, 9.17) is 0 Å². The molecule has 3 heterocycles. The van der Waals surface area contributed by atoms with Crippen LogP contribution >= 0.6 is 0 Å². The predicted octanol–water partition coefficient (Wildman–Crippen LogP) is 3.09. The van der Waals surface area contributed by atoms with Gasteiger partial charge < -0.3 is 9.47 Å². The van der Waals surface area contributed by atoms with E-state index in [1.165, 1.54) is 0 Å². The van der Waals surface area contributed by atoms with Crippen LogP contribution in [0.3, 0.4) is 0 Å². The van der Waals surface area contributed by atoms with Gasteiger partial charge in [0.05, 0.1) is 41.8 Å². The molecule has 0 atom stereocenters. The van der Waals surface area contributed by atoms with E-state index in [0.717, 1.165) is 33.7 Å². The van der Waals surface area contributed by atoms with Crippen molar-refractivity contribution in [1.82, 2.24) is 29.6 Å². The molecule has 0 saturated carbocycles. The van der Waals surface area contributed by atoms with Crippen LogP contribution in [0.1, 0.15) is 33.1 Å². The van der Waals surface area contributed by atoms with Gasteiger partial charge in [-0.15, -0.1) is 0 Å². The van der Waals surface area contributed by atoms with Gasteiger partial charge in [-0.2, -0.15) is 5.10 Å². The van der Waals surface area contributed by atoms with E-state index in [9.17, 15) is 4.79 Å². The molecule has 3 aromatic heterocycles. The molecule has 0 radical (unpaired) electrons. The summed E-state index contributed by atoms with van der Waals surface area (Å²) in [7, 11) is 1.76. The summed E-state index contributed by atoms with van der Waals surface area (Å²) < 4.78 is 2.03. The molecule has 0 bridgehead atoms. The van der Waals surface area contributed by atoms with E-state index in [1.54, 1.807) is 24.3 Å². The third kappa shape index (κ3) is 3.64. The van der Waals surface area contributed by atoms with Crippen LogP contribution in [0.4, 0.5) is 0 Å². The Kier molecular flexibility index (Phi) is 4.65. The minimum Gasteiger partial charge on any atom is -0.334 e. The maximum Gasteiger partial charge on any atom is 0.274 e. The number of para-hydroxylation sites is 2. The lowest BCUT2D eigenvalue weighted by Gasteiger charge is -2.16. The van der Waals surface area contributed by atoms with E-state index in [0.29, 0.717) is 18.8 Å². The van der Waals surface area contributed by atoms with Crippen molar-refractivity contribution < 1.29 is 4.79 Å². The van der Waals surface area contributed by atoms with Crippen molar-refractivity contribution in [2.45, 2.75) is 26.9 Å². The molecule has 28 heavy (non-hydrogen) atoms. The van der Waals surface area contributed by atoms with Gasteiger partial charge in [0.15, 0.2) is 0 Å². The van der Waals surface area contributed by atoms with Crippen molar-refractivity contribution in [3.63, 3.8) is 0 Å². The molecule has 7 nitrogen and oxygen atoms in total. The molecule has 1 amide bonds. The number of benzene rings is 1. The van der Waals surface area contributed by atoms with E-state index in [2.05, 4.69) is 20.2 Å². The van der Waals surface area contributed by atoms with Crippen LogP contribution in [0.2, 0.25) is 0 Å². The number of nitrogens with one attached hydrogen (secondary N) is 1. The number of fused-ring (bicyclic) bond motifs is 1. The normalized spacial score (nSPS) is 11.1. The van der Waals surface area contributed by atoms with Crippen LogP contribution in [-0.4, -0.2) is 42.6 Å². The molecule has 0 unspecified atom stereocenters. The van der Waals surface area contributed by atoms with Crippen LogP contribution in [0.15, 0.2) is 48.8 Å². The molecule has 0 aliphatic carbocycles. The van der Waals surface area contributed by atoms with Crippen LogP contribution in [0.25, 0.3) is 11.0 Å². The summed E-state index contributed by atoms with van der Waals surface area (Å²) >= 11 is 0. The van der Waals surface area contributed by atoms with Crippen molar-refractivity contribution in [2.24, 2.45) is 0 Å². The quantitative estimate of drug-likeness (QED) is 0.582. The van der Waals surface area contributed by atoms with Crippen LogP contribution in [0, 0.1) is 13.8 Å².